The number of carbonyl (C=O) groups excluding carboxylic acids is 1. The van der Waals surface area contributed by atoms with Crippen LogP contribution in [0.25, 0.3) is 0 Å². The topological polar surface area (TPSA) is 60.5 Å². The zero-order chi connectivity index (χ0) is 15.7. The number of thiazole rings is 1. The number of aromatic nitrogens is 1. The average Bonchev–Trinajstić information content (AvgIpc) is 2.89. The summed E-state index contributed by atoms with van der Waals surface area (Å²) in [6.07, 6.45) is 0. The minimum Gasteiger partial charge on any atom is -0.486 e. The highest BCUT2D eigenvalue weighted by Crippen LogP contribution is 2.34. The molecule has 7 heteroatoms. The average molecular weight is 383 g/mol. The Morgan fingerprint density at radius 2 is 2.05 bits per heavy atom. The first-order chi connectivity index (χ1) is 10.5. The van der Waals surface area contributed by atoms with Crippen LogP contribution in [-0.4, -0.2) is 24.1 Å². The predicted molar refractivity (Wildman–Crippen MR) is 89.3 cm³/mol. The zero-order valence-corrected chi connectivity index (χ0v) is 14.6. The van der Waals surface area contributed by atoms with E-state index in [-0.39, 0.29) is 11.8 Å². The van der Waals surface area contributed by atoms with E-state index in [2.05, 4.69) is 26.2 Å². The third kappa shape index (κ3) is 3.10. The normalized spacial score (nSPS) is 13.3. The van der Waals surface area contributed by atoms with Gasteiger partial charge in [-0.1, -0.05) is 13.8 Å². The van der Waals surface area contributed by atoms with Gasteiger partial charge in [0.25, 0.3) is 5.91 Å². The maximum absolute atomic E-state index is 12.5. The smallest absolute Gasteiger partial charge is 0.275 e. The Labute approximate surface area is 140 Å². The lowest BCUT2D eigenvalue weighted by atomic mass is 10.1. The van der Waals surface area contributed by atoms with Gasteiger partial charge < -0.3 is 14.8 Å². The van der Waals surface area contributed by atoms with Crippen LogP contribution in [0.2, 0.25) is 0 Å². The molecule has 1 N–H and O–H groups in total. The number of halogens is 1. The van der Waals surface area contributed by atoms with Crippen LogP contribution in [-0.2, 0) is 0 Å². The molecule has 0 saturated carbocycles. The number of benzene rings is 1. The number of anilines is 1. The molecule has 0 fully saturated rings. The molecule has 1 aromatic carbocycles. The van der Waals surface area contributed by atoms with E-state index in [4.69, 9.17) is 9.47 Å². The number of carbonyl (C=O) groups is 1. The van der Waals surface area contributed by atoms with E-state index in [9.17, 15) is 4.79 Å². The van der Waals surface area contributed by atoms with Crippen molar-refractivity contribution in [3.8, 4) is 11.5 Å². The van der Waals surface area contributed by atoms with E-state index in [0.717, 1.165) is 4.88 Å². The van der Waals surface area contributed by atoms with Crippen molar-refractivity contribution in [1.82, 2.24) is 4.98 Å². The van der Waals surface area contributed by atoms with Crippen molar-refractivity contribution in [1.29, 1.82) is 0 Å². The van der Waals surface area contributed by atoms with Crippen molar-refractivity contribution in [2.24, 2.45) is 0 Å². The van der Waals surface area contributed by atoms with Crippen molar-refractivity contribution < 1.29 is 14.3 Å². The quantitative estimate of drug-likeness (QED) is 0.869. The fraction of sp³-hybridized carbons (Fsp3) is 0.333. The number of hydrogen-bond acceptors (Lipinski definition) is 5. The number of amides is 1. The molecule has 0 atom stereocenters. The molecule has 22 heavy (non-hydrogen) atoms. The Bertz CT molecular complexity index is 715. The molecule has 0 unspecified atom stereocenters. The van der Waals surface area contributed by atoms with Crippen LogP contribution in [0.3, 0.4) is 0 Å². The van der Waals surface area contributed by atoms with Gasteiger partial charge in [-0.25, -0.2) is 4.98 Å². The molecule has 1 aliphatic rings. The monoisotopic (exact) mass is 382 g/mol. The van der Waals surface area contributed by atoms with Gasteiger partial charge in [0.2, 0.25) is 0 Å². The number of nitrogens with one attached hydrogen (secondary N) is 1. The third-order valence-corrected chi connectivity index (χ3v) is 4.97. The molecular formula is C15H15BrN2O3S. The van der Waals surface area contributed by atoms with Crippen LogP contribution in [0.5, 0.6) is 11.5 Å². The first-order valence-corrected chi connectivity index (χ1v) is 8.53. The standard InChI is InChI=1S/C15H15BrN2O3S/c1-8(2)13-12(18-15(16)22-13)14(19)17-9-3-4-10-11(7-9)21-6-5-20-10/h3-4,7-8H,5-6H2,1-2H3,(H,17,19). The summed E-state index contributed by atoms with van der Waals surface area (Å²) in [5.74, 6) is 1.36. The molecule has 0 spiro atoms. The van der Waals surface area contributed by atoms with Crippen LogP contribution < -0.4 is 14.8 Å². The Morgan fingerprint density at radius 3 is 2.77 bits per heavy atom. The molecule has 2 aromatic rings. The maximum atomic E-state index is 12.5. The van der Waals surface area contributed by atoms with Crippen molar-refractivity contribution in [3.63, 3.8) is 0 Å². The molecule has 1 amide bonds. The highest BCUT2D eigenvalue weighted by Gasteiger charge is 2.20. The fourth-order valence-electron chi connectivity index (χ4n) is 2.17. The molecule has 1 aliphatic heterocycles. The summed E-state index contributed by atoms with van der Waals surface area (Å²) in [5, 5.41) is 2.87. The molecule has 116 valence electrons. The van der Waals surface area contributed by atoms with E-state index in [1.165, 1.54) is 11.3 Å². The maximum Gasteiger partial charge on any atom is 0.275 e. The van der Waals surface area contributed by atoms with Gasteiger partial charge in [0.05, 0.1) is 0 Å². The minimum absolute atomic E-state index is 0.220. The SMILES string of the molecule is CC(C)c1sc(Br)nc1C(=O)Nc1ccc2c(c1)OCCO2. The van der Waals surface area contributed by atoms with Crippen LogP contribution in [0.4, 0.5) is 5.69 Å². The Morgan fingerprint density at radius 1 is 1.32 bits per heavy atom. The van der Waals surface area contributed by atoms with Gasteiger partial charge >= 0.3 is 0 Å². The highest BCUT2D eigenvalue weighted by molar-refractivity contribution is 9.11. The molecule has 0 saturated heterocycles. The molecule has 0 radical (unpaired) electrons. The van der Waals surface area contributed by atoms with E-state index >= 15 is 0 Å². The van der Waals surface area contributed by atoms with E-state index in [1.807, 2.05) is 13.8 Å². The second kappa shape index (κ2) is 6.26. The molecule has 1 aromatic heterocycles. The van der Waals surface area contributed by atoms with Crippen molar-refractivity contribution >= 4 is 38.9 Å². The molecule has 0 bridgehead atoms. The lowest BCUT2D eigenvalue weighted by Gasteiger charge is -2.19. The summed E-state index contributed by atoms with van der Waals surface area (Å²) in [7, 11) is 0. The van der Waals surface area contributed by atoms with Gasteiger partial charge in [0.1, 0.15) is 18.9 Å². The second-order valence-corrected chi connectivity index (χ2v) is 7.45. The van der Waals surface area contributed by atoms with Crippen LogP contribution in [0, 0.1) is 0 Å². The van der Waals surface area contributed by atoms with Crippen molar-refractivity contribution in [2.45, 2.75) is 19.8 Å². The minimum atomic E-state index is -0.220. The summed E-state index contributed by atoms with van der Waals surface area (Å²) < 4.78 is 11.7. The summed E-state index contributed by atoms with van der Waals surface area (Å²) in [4.78, 5) is 17.7. The van der Waals surface area contributed by atoms with E-state index < -0.39 is 0 Å². The summed E-state index contributed by atoms with van der Waals surface area (Å²) in [6, 6.07) is 5.36. The highest BCUT2D eigenvalue weighted by atomic mass is 79.9. The Kier molecular flexibility index (Phi) is 4.35. The first kappa shape index (κ1) is 15.3. The largest absolute Gasteiger partial charge is 0.486 e. The number of hydrogen-bond donors (Lipinski definition) is 1. The molecule has 3 rings (SSSR count). The summed E-state index contributed by atoms with van der Waals surface area (Å²) >= 11 is 4.83. The first-order valence-electron chi connectivity index (χ1n) is 6.92. The van der Waals surface area contributed by atoms with E-state index in [0.29, 0.717) is 40.0 Å². The second-order valence-electron chi connectivity index (χ2n) is 5.15. The molecule has 5 nitrogen and oxygen atoms in total. The summed E-state index contributed by atoms with van der Waals surface area (Å²) in [5.41, 5.74) is 1.12. The Balaban J connectivity index is 1.82. The predicted octanol–water partition coefficient (Wildman–Crippen LogP) is 4.05. The van der Waals surface area contributed by atoms with Crippen LogP contribution >= 0.6 is 27.3 Å². The molecule has 2 heterocycles. The van der Waals surface area contributed by atoms with Gasteiger partial charge in [0, 0.05) is 16.6 Å². The van der Waals surface area contributed by atoms with Gasteiger partial charge in [-0.2, -0.15) is 0 Å². The van der Waals surface area contributed by atoms with Gasteiger partial charge in [-0.15, -0.1) is 11.3 Å². The summed E-state index contributed by atoms with van der Waals surface area (Å²) in [6.45, 7) is 5.14. The molecular weight excluding hydrogens is 368 g/mol. The van der Waals surface area contributed by atoms with Crippen molar-refractivity contribution in [2.75, 3.05) is 18.5 Å². The molecule has 0 aliphatic carbocycles. The van der Waals surface area contributed by atoms with Crippen LogP contribution in [0.15, 0.2) is 22.1 Å². The zero-order valence-electron chi connectivity index (χ0n) is 12.2. The van der Waals surface area contributed by atoms with Crippen molar-refractivity contribution in [3.05, 3.63) is 32.7 Å². The number of fused-ring (bicyclic) bond motifs is 1. The lowest BCUT2D eigenvalue weighted by molar-refractivity contribution is 0.102. The fourth-order valence-corrected chi connectivity index (χ4v) is 3.66. The number of ether oxygens (including phenoxy) is 2. The van der Waals surface area contributed by atoms with Gasteiger partial charge in [-0.05, 0) is 34.0 Å². The third-order valence-electron chi connectivity index (χ3n) is 3.17. The van der Waals surface area contributed by atoms with Crippen LogP contribution in [0.1, 0.15) is 35.1 Å². The van der Waals surface area contributed by atoms with Gasteiger partial charge in [0.15, 0.2) is 15.4 Å². The van der Waals surface area contributed by atoms with E-state index in [1.54, 1.807) is 18.2 Å². The lowest BCUT2D eigenvalue weighted by Crippen LogP contribution is -2.17. The Hall–Kier alpha value is -1.60. The number of rotatable bonds is 3. The van der Waals surface area contributed by atoms with Gasteiger partial charge in [-0.3, -0.25) is 4.79 Å². The number of nitrogens with zero attached hydrogens (tertiary/aromatic N) is 1.